The van der Waals surface area contributed by atoms with Crippen molar-refractivity contribution in [2.45, 2.75) is 4.90 Å². The van der Waals surface area contributed by atoms with Gasteiger partial charge in [0.2, 0.25) is 5.82 Å². The zero-order valence-electron chi connectivity index (χ0n) is 15.4. The predicted molar refractivity (Wildman–Crippen MR) is 98.3 cm³/mol. The molecule has 0 heterocycles. The molecule has 31 heavy (non-hydrogen) atoms. The highest BCUT2D eigenvalue weighted by atomic mass is 32.2. The molecule has 0 aliphatic rings. The fourth-order valence-electron chi connectivity index (χ4n) is 2.68. The molecule has 164 valence electrons. The van der Waals surface area contributed by atoms with Crippen LogP contribution in [0.3, 0.4) is 0 Å². The molecule has 0 radical (unpaired) electrons. The van der Waals surface area contributed by atoms with Crippen LogP contribution in [0.4, 0.5) is 33.3 Å². The summed E-state index contributed by atoms with van der Waals surface area (Å²) in [4.78, 5) is -2.09. The summed E-state index contributed by atoms with van der Waals surface area (Å²) in [5.74, 6) is -13.7. The second kappa shape index (κ2) is 7.95. The molecule has 3 aromatic rings. The Bertz CT molecular complexity index is 1240. The Morgan fingerprint density at radius 3 is 1.71 bits per heavy atom. The first kappa shape index (κ1) is 22.2. The van der Waals surface area contributed by atoms with Gasteiger partial charge < -0.3 is 14.9 Å². The van der Waals surface area contributed by atoms with Gasteiger partial charge in [0.1, 0.15) is 5.75 Å². The van der Waals surface area contributed by atoms with Gasteiger partial charge in [0.25, 0.3) is 10.0 Å². The summed E-state index contributed by atoms with van der Waals surface area (Å²) in [5, 5.41) is 19.2. The first-order valence-electron chi connectivity index (χ1n) is 8.23. The Morgan fingerprint density at radius 1 is 0.742 bits per heavy atom. The van der Waals surface area contributed by atoms with Crippen LogP contribution in [0.25, 0.3) is 0 Å². The molecule has 0 bridgehead atoms. The number of benzene rings is 3. The van der Waals surface area contributed by atoms with Crippen molar-refractivity contribution in [3.63, 3.8) is 0 Å². The minimum absolute atomic E-state index is 0.240. The van der Waals surface area contributed by atoms with E-state index in [-0.39, 0.29) is 15.7 Å². The number of hydrogen-bond donors (Lipinski definition) is 2. The van der Waals surface area contributed by atoms with Crippen LogP contribution >= 0.6 is 0 Å². The van der Waals surface area contributed by atoms with Crippen molar-refractivity contribution in [2.24, 2.45) is 0 Å². The fraction of sp³-hybridized carbons (Fsp3) is 0.0526. The normalized spacial score (nSPS) is 11.4. The third-order valence-electron chi connectivity index (χ3n) is 4.17. The molecular weight excluding hydrogens is 449 g/mol. The summed E-state index contributed by atoms with van der Waals surface area (Å²) in [7, 11) is -4.16. The topological polar surface area (TPSA) is 87.1 Å². The molecule has 0 aliphatic heterocycles. The van der Waals surface area contributed by atoms with Crippen molar-refractivity contribution in [1.82, 2.24) is 0 Å². The van der Waals surface area contributed by atoms with Crippen LogP contribution in [0, 0.1) is 29.1 Å². The van der Waals surface area contributed by atoms with E-state index < -0.39 is 61.2 Å². The number of phenols is 2. The minimum Gasteiger partial charge on any atom is -0.504 e. The van der Waals surface area contributed by atoms with Gasteiger partial charge in [0.05, 0.1) is 18.5 Å². The molecule has 6 nitrogen and oxygen atoms in total. The summed E-state index contributed by atoms with van der Waals surface area (Å²) < 4.78 is 101. The highest BCUT2D eigenvalue weighted by Crippen LogP contribution is 2.39. The summed E-state index contributed by atoms with van der Waals surface area (Å²) in [6.07, 6.45) is 0. The number of rotatable bonds is 5. The lowest BCUT2D eigenvalue weighted by atomic mass is 10.2. The van der Waals surface area contributed by atoms with E-state index in [2.05, 4.69) is 0 Å². The van der Waals surface area contributed by atoms with E-state index in [1.165, 1.54) is 19.2 Å². The van der Waals surface area contributed by atoms with Crippen LogP contribution in [0.15, 0.2) is 47.4 Å². The highest BCUT2D eigenvalue weighted by Gasteiger charge is 2.38. The summed E-state index contributed by atoms with van der Waals surface area (Å²) in [6, 6.07) is 7.35. The number of halogens is 5. The van der Waals surface area contributed by atoms with Crippen molar-refractivity contribution in [1.29, 1.82) is 0 Å². The molecule has 0 aromatic heterocycles. The maximum Gasteiger partial charge on any atom is 0.274 e. The second-order valence-electron chi connectivity index (χ2n) is 6.04. The van der Waals surface area contributed by atoms with Crippen LogP contribution < -0.4 is 9.04 Å². The predicted octanol–water partition coefficient (Wildman–Crippen LogP) is 4.33. The number of anilines is 2. The Kier molecular flexibility index (Phi) is 5.68. The molecule has 0 unspecified atom stereocenters. The number of aromatic hydroxyl groups is 2. The van der Waals surface area contributed by atoms with Crippen LogP contribution in [-0.4, -0.2) is 25.7 Å². The monoisotopic (exact) mass is 461 g/mol. The summed E-state index contributed by atoms with van der Waals surface area (Å²) in [6.45, 7) is 0. The van der Waals surface area contributed by atoms with E-state index in [4.69, 9.17) is 4.74 Å². The molecule has 0 saturated heterocycles. The fourth-order valence-corrected chi connectivity index (χ4v) is 4.29. The van der Waals surface area contributed by atoms with E-state index in [0.717, 1.165) is 30.3 Å². The van der Waals surface area contributed by atoms with E-state index in [1.807, 2.05) is 0 Å². The quantitative estimate of drug-likeness (QED) is 0.256. The van der Waals surface area contributed by atoms with Gasteiger partial charge in [-0.2, -0.15) is 0 Å². The minimum atomic E-state index is -5.48. The molecule has 0 spiro atoms. The number of phenolic OH excluding ortho intramolecular Hbond substituents is 2. The molecule has 3 aromatic carbocycles. The van der Waals surface area contributed by atoms with Gasteiger partial charge in [0, 0.05) is 6.07 Å². The van der Waals surface area contributed by atoms with Crippen molar-refractivity contribution >= 4 is 21.4 Å². The van der Waals surface area contributed by atoms with Gasteiger partial charge in [-0.25, -0.2) is 34.7 Å². The molecule has 0 atom stereocenters. The van der Waals surface area contributed by atoms with Crippen molar-refractivity contribution in [2.75, 3.05) is 11.4 Å². The third-order valence-corrected chi connectivity index (χ3v) is 5.94. The van der Waals surface area contributed by atoms with Gasteiger partial charge in [-0.3, -0.25) is 0 Å². The van der Waals surface area contributed by atoms with E-state index in [9.17, 15) is 40.6 Å². The number of methoxy groups -OCH3 is 1. The van der Waals surface area contributed by atoms with Crippen molar-refractivity contribution in [3.8, 4) is 17.2 Å². The summed E-state index contributed by atoms with van der Waals surface area (Å²) >= 11 is 0. The Balaban J connectivity index is 2.35. The molecule has 0 aliphatic carbocycles. The first-order valence-corrected chi connectivity index (χ1v) is 9.67. The Hall–Kier alpha value is -3.54. The number of ether oxygens (including phenoxy) is 1. The van der Waals surface area contributed by atoms with Gasteiger partial charge >= 0.3 is 0 Å². The summed E-state index contributed by atoms with van der Waals surface area (Å²) in [5.41, 5.74) is -0.765. The lowest BCUT2D eigenvalue weighted by molar-refractivity contribution is 0.357. The number of nitrogens with zero attached hydrogens (tertiary/aromatic N) is 1. The highest BCUT2D eigenvalue weighted by molar-refractivity contribution is 7.93. The molecule has 0 amide bonds. The van der Waals surface area contributed by atoms with Crippen LogP contribution in [0.2, 0.25) is 0 Å². The van der Waals surface area contributed by atoms with Gasteiger partial charge in [-0.15, -0.1) is 0 Å². The van der Waals surface area contributed by atoms with Crippen LogP contribution in [0.1, 0.15) is 0 Å². The molecule has 0 fully saturated rings. The van der Waals surface area contributed by atoms with E-state index >= 15 is 0 Å². The third kappa shape index (κ3) is 3.69. The van der Waals surface area contributed by atoms with Crippen molar-refractivity contribution in [3.05, 3.63) is 71.6 Å². The van der Waals surface area contributed by atoms with Crippen LogP contribution in [0.5, 0.6) is 17.2 Å². The SMILES string of the molecule is COc1ccc(N(c2ccc(O)c(O)c2)S(=O)(=O)c2c(F)c(F)c(F)c(F)c2F)cc1. The zero-order chi connectivity index (χ0) is 23.1. The smallest absolute Gasteiger partial charge is 0.274 e. The standard InChI is InChI=1S/C19H12F5NO5S/c1-30-11-5-2-9(3-6-11)25(10-4-7-12(26)13(27)8-10)31(28,29)19-17(23)15(21)14(20)16(22)18(19)24/h2-8,26-27H,1H3. The van der Waals surface area contributed by atoms with E-state index in [1.54, 1.807) is 0 Å². The molecular formula is C19H12F5NO5S. The molecule has 0 saturated carbocycles. The van der Waals surface area contributed by atoms with Gasteiger partial charge in [0.15, 0.2) is 39.7 Å². The van der Waals surface area contributed by atoms with Gasteiger partial charge in [-0.05, 0) is 36.4 Å². The zero-order valence-corrected chi connectivity index (χ0v) is 16.2. The van der Waals surface area contributed by atoms with Crippen molar-refractivity contribution < 1.29 is 45.3 Å². The number of hydrogen-bond acceptors (Lipinski definition) is 5. The Labute approximate surface area is 172 Å². The van der Waals surface area contributed by atoms with E-state index in [0.29, 0.717) is 0 Å². The average molecular weight is 461 g/mol. The number of sulfonamides is 1. The lowest BCUT2D eigenvalue weighted by Crippen LogP contribution is -2.29. The maximum absolute atomic E-state index is 14.3. The largest absolute Gasteiger partial charge is 0.504 e. The average Bonchev–Trinajstić information content (AvgIpc) is 2.73. The molecule has 2 N–H and O–H groups in total. The molecule has 12 heteroatoms. The first-order chi connectivity index (χ1) is 14.5. The Morgan fingerprint density at radius 2 is 1.23 bits per heavy atom. The lowest BCUT2D eigenvalue weighted by Gasteiger charge is -2.25. The van der Waals surface area contributed by atoms with Gasteiger partial charge in [-0.1, -0.05) is 0 Å². The van der Waals surface area contributed by atoms with Crippen LogP contribution in [-0.2, 0) is 10.0 Å². The molecule has 3 rings (SSSR count). The second-order valence-corrected chi connectivity index (χ2v) is 7.76. The maximum atomic E-state index is 14.3.